The number of nitrogens with zero attached hydrogens (tertiary/aromatic N) is 4. The fourth-order valence-corrected chi connectivity index (χ4v) is 6.84. The number of amides is 4. The molecule has 0 atom stereocenters. The van der Waals surface area contributed by atoms with E-state index in [2.05, 4.69) is 59.5 Å². The highest BCUT2D eigenvalue weighted by Gasteiger charge is 2.55. The molecule has 208 valence electrons. The van der Waals surface area contributed by atoms with E-state index in [0.29, 0.717) is 38.8 Å². The summed E-state index contributed by atoms with van der Waals surface area (Å²) in [4.78, 5) is 46.9. The maximum absolute atomic E-state index is 13.7. The highest BCUT2D eigenvalue weighted by atomic mass is 16.5. The molecule has 4 amide bonds. The van der Waals surface area contributed by atoms with Crippen molar-refractivity contribution in [2.45, 2.75) is 56.0 Å². The second kappa shape index (κ2) is 11.2. The van der Waals surface area contributed by atoms with Gasteiger partial charge in [0.15, 0.2) is 0 Å². The molecule has 5 rings (SSSR count). The van der Waals surface area contributed by atoms with E-state index >= 15 is 0 Å². The molecule has 0 bridgehead atoms. The lowest BCUT2D eigenvalue weighted by Crippen LogP contribution is -2.56. The summed E-state index contributed by atoms with van der Waals surface area (Å²) in [6.07, 6.45) is 7.34. The molecule has 9 nitrogen and oxygen atoms in total. The summed E-state index contributed by atoms with van der Waals surface area (Å²) in [5.74, 6) is 0.180. The molecule has 0 radical (unpaired) electrons. The Morgan fingerprint density at radius 1 is 1.05 bits per heavy atom. The van der Waals surface area contributed by atoms with Crippen molar-refractivity contribution in [2.75, 3.05) is 66.6 Å². The van der Waals surface area contributed by atoms with Gasteiger partial charge < -0.3 is 24.8 Å². The Balaban J connectivity index is 1.26. The largest absolute Gasteiger partial charge is 0.378 e. The number of benzene rings is 1. The van der Waals surface area contributed by atoms with E-state index in [0.717, 1.165) is 32.2 Å². The minimum absolute atomic E-state index is 0.00432. The van der Waals surface area contributed by atoms with Gasteiger partial charge in [0.25, 0.3) is 0 Å². The van der Waals surface area contributed by atoms with Crippen LogP contribution in [0.4, 0.5) is 4.79 Å². The zero-order valence-corrected chi connectivity index (χ0v) is 23.0. The van der Waals surface area contributed by atoms with Gasteiger partial charge in [0.1, 0.15) is 6.54 Å². The molecule has 0 aromatic heterocycles. The third-order valence-corrected chi connectivity index (χ3v) is 9.53. The zero-order chi connectivity index (χ0) is 26.8. The lowest BCUT2D eigenvalue weighted by atomic mass is 9.68. The van der Waals surface area contributed by atoms with Gasteiger partial charge >= 0.3 is 6.03 Å². The van der Waals surface area contributed by atoms with Crippen molar-refractivity contribution in [1.29, 1.82) is 0 Å². The normalized spacial score (nSPS) is 28.2. The van der Waals surface area contributed by atoms with E-state index in [4.69, 9.17) is 4.74 Å². The Kier molecular flexibility index (Phi) is 7.95. The van der Waals surface area contributed by atoms with Crippen molar-refractivity contribution in [1.82, 2.24) is 24.9 Å². The molecule has 4 aliphatic rings. The Morgan fingerprint density at radius 3 is 2.34 bits per heavy atom. The monoisotopic (exact) mass is 525 g/mol. The van der Waals surface area contributed by atoms with Gasteiger partial charge in [-0.25, -0.2) is 4.79 Å². The molecule has 0 unspecified atom stereocenters. The SMILES string of the molecule is CN(C)[C@]1(c2ccccc2)CC[C@]2(CC1)CN(CC(=O)NCC(=O)N1CCOCC1)C(=O)N2CC1CCC1. The van der Waals surface area contributed by atoms with Crippen LogP contribution in [-0.2, 0) is 19.9 Å². The molecule has 1 aromatic carbocycles. The molecule has 2 saturated heterocycles. The van der Waals surface area contributed by atoms with Gasteiger partial charge in [-0.15, -0.1) is 0 Å². The summed E-state index contributed by atoms with van der Waals surface area (Å²) in [6, 6.07) is 10.7. The summed E-state index contributed by atoms with van der Waals surface area (Å²) in [6.45, 7) is 3.47. The molecule has 2 saturated carbocycles. The number of hydrogen-bond acceptors (Lipinski definition) is 5. The second-order valence-corrected chi connectivity index (χ2v) is 11.8. The molecular weight excluding hydrogens is 482 g/mol. The Labute approximate surface area is 226 Å². The van der Waals surface area contributed by atoms with Gasteiger partial charge in [0.2, 0.25) is 11.8 Å². The Bertz CT molecular complexity index is 997. The quantitative estimate of drug-likeness (QED) is 0.563. The summed E-state index contributed by atoms with van der Waals surface area (Å²) in [5.41, 5.74) is 1.03. The van der Waals surface area contributed by atoms with E-state index in [1.165, 1.54) is 24.8 Å². The van der Waals surface area contributed by atoms with Gasteiger partial charge in [-0.3, -0.25) is 14.5 Å². The van der Waals surface area contributed by atoms with Crippen LogP contribution in [0.2, 0.25) is 0 Å². The zero-order valence-electron chi connectivity index (χ0n) is 23.0. The second-order valence-electron chi connectivity index (χ2n) is 11.8. The first kappa shape index (κ1) is 26.9. The molecule has 4 fully saturated rings. The van der Waals surface area contributed by atoms with Crippen LogP contribution in [0.3, 0.4) is 0 Å². The first-order valence-corrected chi connectivity index (χ1v) is 14.2. The summed E-state index contributed by atoms with van der Waals surface area (Å²) < 4.78 is 5.30. The predicted octanol–water partition coefficient (Wildman–Crippen LogP) is 2.27. The summed E-state index contributed by atoms with van der Waals surface area (Å²) >= 11 is 0. The van der Waals surface area contributed by atoms with E-state index in [1.807, 2.05) is 0 Å². The minimum atomic E-state index is -0.275. The maximum atomic E-state index is 13.7. The highest BCUT2D eigenvalue weighted by molar-refractivity contribution is 5.89. The average molecular weight is 526 g/mol. The lowest BCUT2D eigenvalue weighted by molar-refractivity contribution is -0.136. The third kappa shape index (κ3) is 5.27. The smallest absolute Gasteiger partial charge is 0.321 e. The molecule has 1 spiro atoms. The van der Waals surface area contributed by atoms with Crippen molar-refractivity contribution >= 4 is 17.8 Å². The predicted molar refractivity (Wildman–Crippen MR) is 144 cm³/mol. The van der Waals surface area contributed by atoms with Crippen LogP contribution in [-0.4, -0.2) is 110 Å². The number of nitrogens with one attached hydrogen (secondary N) is 1. The van der Waals surface area contributed by atoms with Crippen LogP contribution in [0, 0.1) is 5.92 Å². The number of carbonyl (C=O) groups is 3. The Morgan fingerprint density at radius 2 is 1.74 bits per heavy atom. The fourth-order valence-electron chi connectivity index (χ4n) is 6.84. The molecule has 2 aliphatic heterocycles. The van der Waals surface area contributed by atoms with E-state index < -0.39 is 0 Å². The summed E-state index contributed by atoms with van der Waals surface area (Å²) in [5, 5.41) is 2.76. The van der Waals surface area contributed by atoms with Crippen molar-refractivity contribution < 1.29 is 19.1 Å². The van der Waals surface area contributed by atoms with E-state index in [9.17, 15) is 14.4 Å². The average Bonchev–Trinajstić information content (AvgIpc) is 3.15. The van der Waals surface area contributed by atoms with Gasteiger partial charge in [0, 0.05) is 31.7 Å². The summed E-state index contributed by atoms with van der Waals surface area (Å²) in [7, 11) is 4.32. The standard InChI is InChI=1S/C29H43N5O4/c1-31(2)29(24-9-4-3-5-10-24)13-11-28(12-14-29)22-33(27(37)34(28)20-23-7-6-8-23)21-25(35)30-19-26(36)32-15-17-38-18-16-32/h3-5,9-10,23H,6-8,11-22H2,1-2H3,(H,30,35)/t28-,29+. The van der Waals surface area contributed by atoms with Crippen LogP contribution < -0.4 is 5.32 Å². The molecule has 2 heterocycles. The van der Waals surface area contributed by atoms with Crippen LogP contribution in [0.25, 0.3) is 0 Å². The van der Waals surface area contributed by atoms with Crippen molar-refractivity contribution in [3.8, 4) is 0 Å². The topological polar surface area (TPSA) is 85.4 Å². The van der Waals surface area contributed by atoms with Crippen molar-refractivity contribution in [3.63, 3.8) is 0 Å². The number of rotatable bonds is 8. The maximum Gasteiger partial charge on any atom is 0.321 e. The van der Waals surface area contributed by atoms with Crippen molar-refractivity contribution in [2.24, 2.45) is 5.92 Å². The minimum Gasteiger partial charge on any atom is -0.378 e. The highest BCUT2D eigenvalue weighted by Crippen LogP contribution is 2.49. The molecule has 1 N–H and O–H groups in total. The first-order chi connectivity index (χ1) is 18.3. The van der Waals surface area contributed by atoms with Crippen LogP contribution >= 0.6 is 0 Å². The van der Waals surface area contributed by atoms with Crippen molar-refractivity contribution in [3.05, 3.63) is 35.9 Å². The van der Waals surface area contributed by atoms with Crippen LogP contribution in [0.15, 0.2) is 30.3 Å². The van der Waals surface area contributed by atoms with Crippen LogP contribution in [0.5, 0.6) is 0 Å². The van der Waals surface area contributed by atoms with Gasteiger partial charge in [-0.1, -0.05) is 36.8 Å². The van der Waals surface area contributed by atoms with Crippen LogP contribution in [0.1, 0.15) is 50.5 Å². The van der Waals surface area contributed by atoms with Gasteiger partial charge in [0.05, 0.1) is 25.3 Å². The molecule has 38 heavy (non-hydrogen) atoms. The molecule has 1 aromatic rings. The Hall–Kier alpha value is -2.65. The molecule has 2 aliphatic carbocycles. The third-order valence-electron chi connectivity index (χ3n) is 9.53. The van der Waals surface area contributed by atoms with E-state index in [1.54, 1.807) is 9.80 Å². The molecule has 9 heteroatoms. The van der Waals surface area contributed by atoms with E-state index in [-0.39, 0.29) is 42.0 Å². The number of ether oxygens (including phenoxy) is 1. The van der Waals surface area contributed by atoms with Gasteiger partial charge in [-0.2, -0.15) is 0 Å². The lowest BCUT2D eigenvalue weighted by Gasteiger charge is -2.51. The number of morpholine rings is 1. The molecular formula is C29H43N5O4. The number of urea groups is 1. The first-order valence-electron chi connectivity index (χ1n) is 14.2. The number of hydrogen-bond donors (Lipinski definition) is 1. The van der Waals surface area contributed by atoms with Gasteiger partial charge in [-0.05, 0) is 64.1 Å². The number of carbonyl (C=O) groups excluding carboxylic acids is 3. The fraction of sp³-hybridized carbons (Fsp3) is 0.690.